The Morgan fingerprint density at radius 2 is 1.43 bits per heavy atom. The first-order chi connectivity index (χ1) is 19.2. The normalized spacial score (nSPS) is 11.7. The molecule has 40 heavy (non-hydrogen) atoms. The number of nitrogens with zero attached hydrogens (tertiary/aromatic N) is 2. The Kier molecular flexibility index (Phi) is 8.55. The Morgan fingerprint density at radius 1 is 0.850 bits per heavy atom. The Balaban J connectivity index is 1.60. The fraction of sp³-hybridized carbons (Fsp3) is 0.103. The molecule has 1 unspecified atom stereocenters. The Labute approximate surface area is 231 Å². The lowest BCUT2D eigenvalue weighted by Crippen LogP contribution is -2.38. The molecule has 0 aliphatic rings. The molecule has 0 fully saturated rings. The van der Waals surface area contributed by atoms with E-state index in [2.05, 4.69) is 10.6 Å². The molecule has 4 rings (SSSR count). The van der Waals surface area contributed by atoms with E-state index in [1.165, 1.54) is 30.3 Å². The van der Waals surface area contributed by atoms with Crippen LogP contribution in [0.25, 0.3) is 0 Å². The van der Waals surface area contributed by atoms with Gasteiger partial charge in [-0.1, -0.05) is 72.8 Å². The second kappa shape index (κ2) is 12.2. The minimum atomic E-state index is -4.54. The van der Waals surface area contributed by atoms with Crippen LogP contribution in [0.4, 0.5) is 17.1 Å². The molecule has 0 aliphatic carbocycles. The van der Waals surface area contributed by atoms with Crippen molar-refractivity contribution in [1.82, 2.24) is 5.32 Å². The van der Waals surface area contributed by atoms with Gasteiger partial charge in [-0.2, -0.15) is 0 Å². The number of sulfonamides is 1. The molecule has 2 amide bonds. The topological polar surface area (TPSA) is 139 Å². The molecular weight excluding hydrogens is 532 g/mol. The molecule has 0 radical (unpaired) electrons. The van der Waals surface area contributed by atoms with E-state index in [1.807, 2.05) is 37.3 Å². The largest absolute Gasteiger partial charge is 0.345 e. The Morgan fingerprint density at radius 3 is 2.10 bits per heavy atom. The minimum Gasteiger partial charge on any atom is -0.345 e. The minimum absolute atomic E-state index is 0.138. The SMILES string of the molecule is CC(NC(=O)c1ccccc1NC(=O)CN(c1ccccc1)S(=O)(=O)c1ccccc1[N+](=O)[O-])c1ccccc1. The summed E-state index contributed by atoms with van der Waals surface area (Å²) in [6, 6.07) is 28.1. The lowest BCUT2D eigenvalue weighted by atomic mass is 10.1. The zero-order chi connectivity index (χ0) is 28.7. The maximum atomic E-state index is 13.7. The van der Waals surface area contributed by atoms with E-state index in [0.717, 1.165) is 22.0 Å². The van der Waals surface area contributed by atoms with Crippen LogP contribution in [0.2, 0.25) is 0 Å². The highest BCUT2D eigenvalue weighted by Gasteiger charge is 2.33. The lowest BCUT2D eigenvalue weighted by Gasteiger charge is -2.24. The van der Waals surface area contributed by atoms with Crippen LogP contribution in [-0.4, -0.2) is 31.7 Å². The van der Waals surface area contributed by atoms with E-state index in [0.29, 0.717) is 0 Å². The molecular formula is C29H26N4O6S. The van der Waals surface area contributed by atoms with Gasteiger partial charge in [-0.3, -0.25) is 24.0 Å². The van der Waals surface area contributed by atoms with Crippen molar-refractivity contribution in [2.75, 3.05) is 16.2 Å². The number of carbonyl (C=O) groups excluding carboxylic acids is 2. The van der Waals surface area contributed by atoms with Gasteiger partial charge in [0, 0.05) is 6.07 Å². The van der Waals surface area contributed by atoms with E-state index in [9.17, 15) is 28.1 Å². The number of carbonyl (C=O) groups is 2. The molecule has 4 aromatic rings. The number of para-hydroxylation sites is 3. The highest BCUT2D eigenvalue weighted by Crippen LogP contribution is 2.30. The average Bonchev–Trinajstić information content (AvgIpc) is 2.97. The third kappa shape index (κ3) is 6.33. The second-order valence-corrected chi connectivity index (χ2v) is 10.6. The van der Waals surface area contributed by atoms with E-state index in [-0.39, 0.29) is 23.0 Å². The smallest absolute Gasteiger partial charge is 0.289 e. The van der Waals surface area contributed by atoms with Crippen molar-refractivity contribution in [2.24, 2.45) is 0 Å². The first-order valence-electron chi connectivity index (χ1n) is 12.2. The molecule has 0 heterocycles. The van der Waals surface area contributed by atoms with Crippen molar-refractivity contribution in [3.63, 3.8) is 0 Å². The first kappa shape index (κ1) is 28.0. The summed E-state index contributed by atoms with van der Waals surface area (Å²) < 4.78 is 28.1. The van der Waals surface area contributed by atoms with Crippen LogP contribution >= 0.6 is 0 Å². The van der Waals surface area contributed by atoms with Crippen LogP contribution < -0.4 is 14.9 Å². The van der Waals surface area contributed by atoms with Gasteiger partial charge in [-0.05, 0) is 42.8 Å². The lowest BCUT2D eigenvalue weighted by molar-refractivity contribution is -0.387. The van der Waals surface area contributed by atoms with Crippen LogP contribution in [0, 0.1) is 10.1 Å². The average molecular weight is 559 g/mol. The third-order valence-electron chi connectivity index (χ3n) is 6.05. The van der Waals surface area contributed by atoms with Crippen LogP contribution in [0.1, 0.15) is 28.9 Å². The molecule has 10 nitrogen and oxygen atoms in total. The molecule has 0 saturated carbocycles. The van der Waals surface area contributed by atoms with Gasteiger partial charge < -0.3 is 10.6 Å². The first-order valence-corrected chi connectivity index (χ1v) is 13.7. The number of nitrogens with one attached hydrogen (secondary N) is 2. The molecule has 2 N–H and O–H groups in total. The van der Waals surface area contributed by atoms with Crippen molar-refractivity contribution in [1.29, 1.82) is 0 Å². The van der Waals surface area contributed by atoms with E-state index in [4.69, 9.17) is 0 Å². The number of rotatable bonds is 10. The van der Waals surface area contributed by atoms with Crippen LogP contribution in [-0.2, 0) is 14.8 Å². The van der Waals surface area contributed by atoms with E-state index < -0.39 is 43.9 Å². The van der Waals surface area contributed by atoms with Gasteiger partial charge in [0.15, 0.2) is 4.90 Å². The Hall–Kier alpha value is -5.03. The summed E-state index contributed by atoms with van der Waals surface area (Å²) in [4.78, 5) is 36.5. The summed E-state index contributed by atoms with van der Waals surface area (Å²) in [6.07, 6.45) is 0. The van der Waals surface area contributed by atoms with Crippen LogP contribution in [0.3, 0.4) is 0 Å². The van der Waals surface area contributed by atoms with Crippen LogP contribution in [0.15, 0.2) is 114 Å². The number of benzene rings is 4. The monoisotopic (exact) mass is 558 g/mol. The summed E-state index contributed by atoms with van der Waals surface area (Å²) in [5, 5.41) is 17.1. The van der Waals surface area contributed by atoms with E-state index in [1.54, 1.807) is 36.4 Å². The number of hydrogen-bond donors (Lipinski definition) is 2. The standard InChI is InChI=1S/C29H26N4O6S/c1-21(22-12-4-2-5-13-22)30-29(35)24-16-8-9-17-25(24)31-28(34)20-32(23-14-6-3-7-15-23)40(38,39)27-19-11-10-18-26(27)33(36)37/h2-19,21H,20H2,1H3,(H,30,35)(H,31,34). The summed E-state index contributed by atoms with van der Waals surface area (Å²) in [7, 11) is -4.54. The van der Waals surface area contributed by atoms with Gasteiger partial charge in [0.1, 0.15) is 6.54 Å². The molecule has 204 valence electrons. The number of amides is 2. The number of nitro benzene ring substituents is 1. The number of nitro groups is 1. The molecule has 0 bridgehead atoms. The molecule has 0 aliphatic heterocycles. The molecule has 0 spiro atoms. The fourth-order valence-electron chi connectivity index (χ4n) is 4.06. The maximum Gasteiger partial charge on any atom is 0.289 e. The second-order valence-electron chi connectivity index (χ2n) is 8.77. The van der Waals surface area contributed by atoms with Crippen molar-refractivity contribution in [3.05, 3.63) is 130 Å². The molecule has 11 heteroatoms. The predicted octanol–water partition coefficient (Wildman–Crippen LogP) is 4.92. The predicted molar refractivity (Wildman–Crippen MR) is 151 cm³/mol. The quantitative estimate of drug-likeness (QED) is 0.209. The summed E-state index contributed by atoms with van der Waals surface area (Å²) in [5.74, 6) is -1.18. The van der Waals surface area contributed by atoms with Gasteiger partial charge in [0.05, 0.1) is 27.9 Å². The molecule has 0 saturated heterocycles. The number of anilines is 2. The third-order valence-corrected chi connectivity index (χ3v) is 7.88. The summed E-state index contributed by atoms with van der Waals surface area (Å²) in [6.45, 7) is 1.13. The summed E-state index contributed by atoms with van der Waals surface area (Å²) >= 11 is 0. The highest BCUT2D eigenvalue weighted by molar-refractivity contribution is 7.93. The van der Waals surface area contributed by atoms with Gasteiger partial charge >= 0.3 is 0 Å². The molecule has 0 aromatic heterocycles. The van der Waals surface area contributed by atoms with Gasteiger partial charge in [0.2, 0.25) is 5.91 Å². The van der Waals surface area contributed by atoms with Crippen molar-refractivity contribution < 1.29 is 22.9 Å². The zero-order valence-electron chi connectivity index (χ0n) is 21.4. The number of hydrogen-bond acceptors (Lipinski definition) is 6. The van der Waals surface area contributed by atoms with Gasteiger partial charge in [0.25, 0.3) is 21.6 Å². The highest BCUT2D eigenvalue weighted by atomic mass is 32.2. The van der Waals surface area contributed by atoms with E-state index >= 15 is 0 Å². The van der Waals surface area contributed by atoms with Crippen molar-refractivity contribution >= 4 is 38.9 Å². The zero-order valence-corrected chi connectivity index (χ0v) is 22.2. The Bertz CT molecular complexity index is 1630. The summed E-state index contributed by atoms with van der Waals surface area (Å²) in [5.41, 5.74) is 0.792. The molecule has 4 aromatic carbocycles. The maximum absolute atomic E-state index is 13.7. The molecule has 1 atom stereocenters. The van der Waals surface area contributed by atoms with Gasteiger partial charge in [-0.25, -0.2) is 8.42 Å². The van der Waals surface area contributed by atoms with Crippen molar-refractivity contribution in [3.8, 4) is 0 Å². The fourth-order valence-corrected chi connectivity index (χ4v) is 5.65. The van der Waals surface area contributed by atoms with Crippen molar-refractivity contribution in [2.45, 2.75) is 17.9 Å². The van der Waals surface area contributed by atoms with Gasteiger partial charge in [-0.15, -0.1) is 0 Å². The van der Waals surface area contributed by atoms with Crippen LogP contribution in [0.5, 0.6) is 0 Å².